The zero-order valence-electron chi connectivity index (χ0n) is 10.4. The van der Waals surface area contributed by atoms with E-state index in [2.05, 4.69) is 0 Å². The molecule has 0 aliphatic heterocycles. The Bertz CT molecular complexity index is 617. The van der Waals surface area contributed by atoms with Gasteiger partial charge in [-0.1, -0.05) is 35.3 Å². The lowest BCUT2D eigenvalue weighted by Gasteiger charge is -2.11. The van der Waals surface area contributed by atoms with E-state index in [1.54, 1.807) is 42.0 Å². The third-order valence-electron chi connectivity index (χ3n) is 2.71. The maximum Gasteiger partial charge on any atom is 0.253 e. The Morgan fingerprint density at radius 2 is 1.84 bits per heavy atom. The Morgan fingerprint density at radius 1 is 1.16 bits per heavy atom. The fourth-order valence-corrected chi connectivity index (χ4v) is 2.21. The third kappa shape index (κ3) is 3.31. The number of aromatic nitrogens is 1. The number of rotatable bonds is 4. The van der Waals surface area contributed by atoms with E-state index in [0.717, 1.165) is 0 Å². The lowest BCUT2D eigenvalue weighted by molar-refractivity contribution is 0.296. The smallest absolute Gasteiger partial charge is 0.253 e. The standard InChI is InChI=1S/C14H13Cl2NO2/c1-10-4-3-7-17(14(10)18)8-9-19-13-11(15)5-2-6-12(13)16/h2-7H,8-9H2,1H3. The van der Waals surface area contributed by atoms with Gasteiger partial charge in [-0.05, 0) is 25.1 Å². The van der Waals surface area contributed by atoms with Gasteiger partial charge in [0.05, 0.1) is 16.6 Å². The molecular weight excluding hydrogens is 285 g/mol. The first kappa shape index (κ1) is 14.0. The second-order valence-electron chi connectivity index (χ2n) is 4.09. The molecule has 1 aromatic carbocycles. The van der Waals surface area contributed by atoms with Crippen LogP contribution in [0.25, 0.3) is 0 Å². The van der Waals surface area contributed by atoms with Crippen molar-refractivity contribution in [3.8, 4) is 5.75 Å². The van der Waals surface area contributed by atoms with Gasteiger partial charge in [-0.3, -0.25) is 4.79 Å². The van der Waals surface area contributed by atoms with Gasteiger partial charge in [0.25, 0.3) is 5.56 Å². The van der Waals surface area contributed by atoms with Gasteiger partial charge in [0.1, 0.15) is 6.61 Å². The van der Waals surface area contributed by atoms with E-state index in [9.17, 15) is 4.79 Å². The van der Waals surface area contributed by atoms with Crippen LogP contribution in [0.5, 0.6) is 5.75 Å². The average molecular weight is 298 g/mol. The summed E-state index contributed by atoms with van der Waals surface area (Å²) in [6.45, 7) is 2.56. The molecule has 1 heterocycles. The number of para-hydroxylation sites is 1. The Hall–Kier alpha value is -1.45. The zero-order chi connectivity index (χ0) is 13.8. The minimum Gasteiger partial charge on any atom is -0.489 e. The molecule has 0 saturated carbocycles. The topological polar surface area (TPSA) is 31.2 Å². The summed E-state index contributed by atoms with van der Waals surface area (Å²) in [5.41, 5.74) is 0.689. The Labute approximate surface area is 121 Å². The lowest BCUT2D eigenvalue weighted by Crippen LogP contribution is -2.24. The highest BCUT2D eigenvalue weighted by Gasteiger charge is 2.06. The van der Waals surface area contributed by atoms with Crippen LogP contribution >= 0.6 is 23.2 Å². The molecule has 0 bridgehead atoms. The lowest BCUT2D eigenvalue weighted by atomic mass is 10.3. The van der Waals surface area contributed by atoms with Crippen LogP contribution in [0.1, 0.15) is 5.56 Å². The Morgan fingerprint density at radius 3 is 2.53 bits per heavy atom. The van der Waals surface area contributed by atoms with Crippen LogP contribution in [0.4, 0.5) is 0 Å². The summed E-state index contributed by atoms with van der Waals surface area (Å²) in [4.78, 5) is 11.8. The Balaban J connectivity index is 2.05. The fraction of sp³-hybridized carbons (Fsp3) is 0.214. The van der Waals surface area contributed by atoms with Gasteiger partial charge < -0.3 is 9.30 Å². The molecule has 0 N–H and O–H groups in total. The van der Waals surface area contributed by atoms with Gasteiger partial charge in [0.2, 0.25) is 0 Å². The minimum absolute atomic E-state index is 0.0173. The summed E-state index contributed by atoms with van der Waals surface area (Å²) in [7, 11) is 0. The van der Waals surface area contributed by atoms with Crippen molar-refractivity contribution in [3.05, 3.63) is 62.5 Å². The van der Waals surface area contributed by atoms with Gasteiger partial charge in [-0.15, -0.1) is 0 Å². The van der Waals surface area contributed by atoms with Crippen LogP contribution in [-0.4, -0.2) is 11.2 Å². The second kappa shape index (κ2) is 6.13. The number of halogens is 2. The summed E-state index contributed by atoms with van der Waals surface area (Å²) in [5.74, 6) is 0.450. The van der Waals surface area contributed by atoms with Crippen molar-refractivity contribution < 1.29 is 4.74 Å². The van der Waals surface area contributed by atoms with Gasteiger partial charge in [-0.2, -0.15) is 0 Å². The number of aryl methyl sites for hydroxylation is 1. The van der Waals surface area contributed by atoms with Crippen molar-refractivity contribution >= 4 is 23.2 Å². The summed E-state index contributed by atoms with van der Waals surface area (Å²) in [6, 6.07) is 8.79. The van der Waals surface area contributed by atoms with E-state index < -0.39 is 0 Å². The molecule has 0 saturated heterocycles. The maximum absolute atomic E-state index is 11.8. The minimum atomic E-state index is -0.0173. The molecule has 5 heteroatoms. The summed E-state index contributed by atoms with van der Waals surface area (Å²) in [6.07, 6.45) is 1.73. The molecule has 0 amide bonds. The molecule has 2 aromatic rings. The third-order valence-corrected chi connectivity index (χ3v) is 3.30. The highest BCUT2D eigenvalue weighted by atomic mass is 35.5. The quantitative estimate of drug-likeness (QED) is 0.864. The number of hydrogen-bond acceptors (Lipinski definition) is 2. The van der Waals surface area contributed by atoms with Crippen LogP contribution in [-0.2, 0) is 6.54 Å². The summed E-state index contributed by atoms with van der Waals surface area (Å²) < 4.78 is 7.14. The average Bonchev–Trinajstić information content (AvgIpc) is 2.38. The van der Waals surface area contributed by atoms with Crippen LogP contribution in [0.2, 0.25) is 10.0 Å². The van der Waals surface area contributed by atoms with E-state index in [-0.39, 0.29) is 5.56 Å². The number of hydrogen-bond donors (Lipinski definition) is 0. The highest BCUT2D eigenvalue weighted by Crippen LogP contribution is 2.32. The van der Waals surface area contributed by atoms with Crippen molar-refractivity contribution in [2.24, 2.45) is 0 Å². The first-order valence-corrected chi connectivity index (χ1v) is 6.58. The molecule has 100 valence electrons. The summed E-state index contributed by atoms with van der Waals surface area (Å²) in [5, 5.41) is 0.924. The molecule has 2 rings (SSSR count). The molecule has 0 fully saturated rings. The van der Waals surface area contributed by atoms with E-state index in [4.69, 9.17) is 27.9 Å². The van der Waals surface area contributed by atoms with Crippen molar-refractivity contribution in [2.75, 3.05) is 6.61 Å². The van der Waals surface area contributed by atoms with Crippen molar-refractivity contribution in [1.82, 2.24) is 4.57 Å². The SMILES string of the molecule is Cc1cccn(CCOc2c(Cl)cccc2Cl)c1=O. The molecule has 0 unspecified atom stereocenters. The largest absolute Gasteiger partial charge is 0.489 e. The number of nitrogens with zero attached hydrogens (tertiary/aromatic N) is 1. The van der Waals surface area contributed by atoms with Crippen LogP contribution in [0, 0.1) is 6.92 Å². The first-order valence-electron chi connectivity index (χ1n) is 5.82. The molecule has 0 atom stereocenters. The maximum atomic E-state index is 11.8. The zero-order valence-corrected chi connectivity index (χ0v) is 11.9. The molecule has 0 aliphatic carbocycles. The van der Waals surface area contributed by atoms with Crippen LogP contribution in [0.15, 0.2) is 41.3 Å². The van der Waals surface area contributed by atoms with E-state index in [0.29, 0.717) is 34.5 Å². The van der Waals surface area contributed by atoms with E-state index in [1.807, 2.05) is 6.07 Å². The predicted octanol–water partition coefficient (Wildman–Crippen LogP) is 3.54. The van der Waals surface area contributed by atoms with Crippen molar-refractivity contribution in [3.63, 3.8) is 0 Å². The van der Waals surface area contributed by atoms with E-state index in [1.165, 1.54) is 0 Å². The number of ether oxygens (including phenoxy) is 1. The van der Waals surface area contributed by atoms with Crippen LogP contribution in [0.3, 0.4) is 0 Å². The molecule has 0 aliphatic rings. The fourth-order valence-electron chi connectivity index (χ4n) is 1.70. The number of pyridine rings is 1. The molecular formula is C14H13Cl2NO2. The molecule has 3 nitrogen and oxygen atoms in total. The number of benzene rings is 1. The molecule has 19 heavy (non-hydrogen) atoms. The molecule has 0 radical (unpaired) electrons. The second-order valence-corrected chi connectivity index (χ2v) is 4.90. The first-order chi connectivity index (χ1) is 9.09. The van der Waals surface area contributed by atoms with Gasteiger partial charge >= 0.3 is 0 Å². The van der Waals surface area contributed by atoms with Gasteiger partial charge in [-0.25, -0.2) is 0 Å². The van der Waals surface area contributed by atoms with Crippen molar-refractivity contribution in [2.45, 2.75) is 13.5 Å². The Kier molecular flexibility index (Phi) is 4.51. The van der Waals surface area contributed by atoms with Gasteiger partial charge in [0, 0.05) is 11.8 Å². The molecule has 0 spiro atoms. The predicted molar refractivity (Wildman–Crippen MR) is 77.4 cm³/mol. The van der Waals surface area contributed by atoms with Crippen LogP contribution < -0.4 is 10.3 Å². The highest BCUT2D eigenvalue weighted by molar-refractivity contribution is 6.37. The monoisotopic (exact) mass is 297 g/mol. The van der Waals surface area contributed by atoms with E-state index >= 15 is 0 Å². The normalized spacial score (nSPS) is 10.5. The van der Waals surface area contributed by atoms with Gasteiger partial charge in [0.15, 0.2) is 5.75 Å². The summed E-state index contributed by atoms with van der Waals surface area (Å²) >= 11 is 12.0. The molecule has 1 aromatic heterocycles. The van der Waals surface area contributed by atoms with Crippen molar-refractivity contribution in [1.29, 1.82) is 0 Å².